The summed E-state index contributed by atoms with van der Waals surface area (Å²) in [6, 6.07) is 6.24. The van der Waals surface area contributed by atoms with Gasteiger partial charge in [-0.15, -0.1) is 0 Å². The summed E-state index contributed by atoms with van der Waals surface area (Å²) < 4.78 is 5.21. The van der Waals surface area contributed by atoms with E-state index in [0.29, 0.717) is 11.4 Å². The standard InChI is InChI=1S/C16H23ClN2O4/c1-16(2,3)23-15(21)18-13(14(20)19(4)22-5)10-11-6-8-12(17)9-7-11/h6-9,13H,10H2,1-5H3,(H,18,21). The summed E-state index contributed by atoms with van der Waals surface area (Å²) in [7, 11) is 2.86. The second kappa shape index (κ2) is 8.17. The Kier molecular flexibility index (Phi) is 6.84. The molecule has 1 rings (SSSR count). The van der Waals surface area contributed by atoms with Crippen molar-refractivity contribution in [2.45, 2.75) is 38.8 Å². The Morgan fingerprint density at radius 2 is 1.83 bits per heavy atom. The molecule has 1 aromatic carbocycles. The molecule has 0 saturated carbocycles. The van der Waals surface area contributed by atoms with Gasteiger partial charge in [0, 0.05) is 18.5 Å². The molecule has 1 atom stereocenters. The number of amides is 2. The molecule has 0 aliphatic rings. The second-order valence-electron chi connectivity index (χ2n) is 6.05. The summed E-state index contributed by atoms with van der Waals surface area (Å²) >= 11 is 5.86. The van der Waals surface area contributed by atoms with Crippen LogP contribution in [0.1, 0.15) is 26.3 Å². The van der Waals surface area contributed by atoms with E-state index in [1.807, 2.05) is 0 Å². The number of carbonyl (C=O) groups is 2. The van der Waals surface area contributed by atoms with Gasteiger partial charge in [0.05, 0.1) is 7.11 Å². The zero-order valence-electron chi connectivity index (χ0n) is 14.1. The SMILES string of the molecule is CON(C)C(=O)C(Cc1ccc(Cl)cc1)NC(=O)OC(C)(C)C. The van der Waals surface area contributed by atoms with E-state index in [9.17, 15) is 9.59 Å². The minimum Gasteiger partial charge on any atom is -0.444 e. The maximum absolute atomic E-state index is 12.4. The van der Waals surface area contributed by atoms with Crippen molar-refractivity contribution in [2.75, 3.05) is 14.2 Å². The molecule has 0 radical (unpaired) electrons. The number of nitrogens with one attached hydrogen (secondary N) is 1. The number of alkyl carbamates (subject to hydrolysis) is 1. The van der Waals surface area contributed by atoms with Gasteiger partial charge < -0.3 is 10.1 Å². The number of likely N-dealkylation sites (N-methyl/N-ethyl adjacent to an activating group) is 1. The van der Waals surface area contributed by atoms with E-state index in [2.05, 4.69) is 5.32 Å². The zero-order valence-corrected chi connectivity index (χ0v) is 14.8. The molecule has 7 heteroatoms. The fourth-order valence-corrected chi connectivity index (χ4v) is 1.94. The number of halogens is 1. The van der Waals surface area contributed by atoms with Crippen molar-refractivity contribution < 1.29 is 19.2 Å². The maximum atomic E-state index is 12.4. The Morgan fingerprint density at radius 3 is 2.30 bits per heavy atom. The van der Waals surface area contributed by atoms with E-state index in [0.717, 1.165) is 10.6 Å². The van der Waals surface area contributed by atoms with Gasteiger partial charge in [0.25, 0.3) is 5.91 Å². The molecule has 0 fully saturated rings. The molecule has 128 valence electrons. The van der Waals surface area contributed by atoms with Gasteiger partial charge in [0.2, 0.25) is 0 Å². The molecule has 1 unspecified atom stereocenters. The van der Waals surface area contributed by atoms with Gasteiger partial charge >= 0.3 is 6.09 Å². The summed E-state index contributed by atoms with van der Waals surface area (Å²) in [5.41, 5.74) is 0.207. The van der Waals surface area contributed by atoms with Crippen LogP contribution >= 0.6 is 11.6 Å². The average Bonchev–Trinajstić information content (AvgIpc) is 2.45. The zero-order chi connectivity index (χ0) is 17.6. The van der Waals surface area contributed by atoms with Gasteiger partial charge in [-0.2, -0.15) is 0 Å². The smallest absolute Gasteiger partial charge is 0.408 e. The number of hydrogen-bond acceptors (Lipinski definition) is 4. The van der Waals surface area contributed by atoms with Gasteiger partial charge in [-0.3, -0.25) is 9.63 Å². The van der Waals surface area contributed by atoms with Crippen molar-refractivity contribution >= 4 is 23.6 Å². The largest absolute Gasteiger partial charge is 0.444 e. The molecular weight excluding hydrogens is 320 g/mol. The minimum atomic E-state index is -0.809. The van der Waals surface area contributed by atoms with Gasteiger partial charge in [-0.05, 0) is 38.5 Å². The molecule has 1 aromatic rings. The van der Waals surface area contributed by atoms with Crippen LogP contribution in [0.3, 0.4) is 0 Å². The first-order chi connectivity index (χ1) is 10.6. The quantitative estimate of drug-likeness (QED) is 0.835. The summed E-state index contributed by atoms with van der Waals surface area (Å²) in [4.78, 5) is 29.2. The van der Waals surface area contributed by atoms with Crippen LogP contribution in [0.2, 0.25) is 5.02 Å². The first kappa shape index (κ1) is 19.3. The van der Waals surface area contributed by atoms with Crippen LogP contribution in [0.15, 0.2) is 24.3 Å². The lowest BCUT2D eigenvalue weighted by Crippen LogP contribution is -2.49. The van der Waals surface area contributed by atoms with Crippen molar-refractivity contribution in [3.8, 4) is 0 Å². The molecule has 0 saturated heterocycles. The van der Waals surface area contributed by atoms with Crippen LogP contribution in [0, 0.1) is 0 Å². The summed E-state index contributed by atoms with van der Waals surface area (Å²) in [5, 5.41) is 4.26. The third-order valence-electron chi connectivity index (χ3n) is 2.93. The highest BCUT2D eigenvalue weighted by atomic mass is 35.5. The van der Waals surface area contributed by atoms with Gasteiger partial charge in [-0.1, -0.05) is 23.7 Å². The van der Waals surface area contributed by atoms with Crippen LogP contribution < -0.4 is 5.32 Å². The van der Waals surface area contributed by atoms with E-state index in [1.165, 1.54) is 14.2 Å². The molecule has 2 amide bonds. The number of nitrogens with zero attached hydrogens (tertiary/aromatic N) is 1. The third kappa shape index (κ3) is 6.88. The normalized spacial score (nSPS) is 12.4. The van der Waals surface area contributed by atoms with Crippen LogP contribution in [0.5, 0.6) is 0 Å². The molecule has 0 spiro atoms. The Bertz CT molecular complexity index is 540. The first-order valence-corrected chi connectivity index (χ1v) is 7.56. The Hall–Kier alpha value is -1.79. The summed E-state index contributed by atoms with van der Waals surface area (Å²) in [5.74, 6) is -0.381. The van der Waals surface area contributed by atoms with Crippen molar-refractivity contribution in [1.82, 2.24) is 10.4 Å². The van der Waals surface area contributed by atoms with E-state index < -0.39 is 17.7 Å². The molecule has 1 N–H and O–H groups in total. The van der Waals surface area contributed by atoms with E-state index in [4.69, 9.17) is 21.2 Å². The number of hydroxylamine groups is 2. The minimum absolute atomic E-state index is 0.295. The Morgan fingerprint density at radius 1 is 1.26 bits per heavy atom. The lowest BCUT2D eigenvalue weighted by Gasteiger charge is -2.25. The highest BCUT2D eigenvalue weighted by Crippen LogP contribution is 2.13. The number of carbonyl (C=O) groups excluding carboxylic acids is 2. The molecule has 0 aliphatic carbocycles. The van der Waals surface area contributed by atoms with Crippen LogP contribution in [0.25, 0.3) is 0 Å². The van der Waals surface area contributed by atoms with Crippen LogP contribution in [0.4, 0.5) is 4.79 Å². The maximum Gasteiger partial charge on any atom is 0.408 e. The van der Waals surface area contributed by atoms with Gasteiger partial charge in [-0.25, -0.2) is 9.86 Å². The molecule has 6 nitrogen and oxygen atoms in total. The van der Waals surface area contributed by atoms with Crippen molar-refractivity contribution in [2.24, 2.45) is 0 Å². The van der Waals surface area contributed by atoms with Crippen molar-refractivity contribution in [1.29, 1.82) is 0 Å². The molecule has 0 heterocycles. The predicted molar refractivity (Wildman–Crippen MR) is 88.1 cm³/mol. The molecule has 23 heavy (non-hydrogen) atoms. The predicted octanol–water partition coefficient (Wildman–Crippen LogP) is 2.80. The lowest BCUT2D eigenvalue weighted by atomic mass is 10.1. The van der Waals surface area contributed by atoms with Crippen molar-refractivity contribution in [3.05, 3.63) is 34.9 Å². The molecular formula is C16H23ClN2O4. The molecule has 0 aromatic heterocycles. The topological polar surface area (TPSA) is 67.9 Å². The second-order valence-corrected chi connectivity index (χ2v) is 6.48. The lowest BCUT2D eigenvalue weighted by molar-refractivity contribution is -0.171. The van der Waals surface area contributed by atoms with E-state index in [1.54, 1.807) is 45.0 Å². The van der Waals surface area contributed by atoms with Crippen molar-refractivity contribution in [3.63, 3.8) is 0 Å². The highest BCUT2D eigenvalue weighted by Gasteiger charge is 2.27. The number of ether oxygens (including phenoxy) is 1. The van der Waals surface area contributed by atoms with Gasteiger partial charge in [0.15, 0.2) is 0 Å². The summed E-state index contributed by atoms with van der Waals surface area (Å²) in [6.45, 7) is 5.26. The average molecular weight is 343 g/mol. The highest BCUT2D eigenvalue weighted by molar-refractivity contribution is 6.30. The molecule has 0 bridgehead atoms. The molecule has 0 aliphatic heterocycles. The van der Waals surface area contributed by atoms with E-state index in [-0.39, 0.29) is 5.91 Å². The first-order valence-electron chi connectivity index (χ1n) is 7.18. The number of benzene rings is 1. The fourth-order valence-electron chi connectivity index (χ4n) is 1.82. The third-order valence-corrected chi connectivity index (χ3v) is 3.18. The Balaban J connectivity index is 2.86. The summed E-state index contributed by atoms with van der Waals surface area (Å²) in [6.07, 6.45) is -0.363. The van der Waals surface area contributed by atoms with Gasteiger partial charge in [0.1, 0.15) is 11.6 Å². The van der Waals surface area contributed by atoms with Crippen LogP contribution in [-0.4, -0.2) is 42.9 Å². The number of hydrogen-bond donors (Lipinski definition) is 1. The Labute approximate surface area is 141 Å². The monoisotopic (exact) mass is 342 g/mol. The van der Waals surface area contributed by atoms with E-state index >= 15 is 0 Å². The fraction of sp³-hybridized carbons (Fsp3) is 0.500. The van der Waals surface area contributed by atoms with Crippen LogP contribution in [-0.2, 0) is 20.8 Å². The number of rotatable bonds is 5.